The van der Waals surface area contributed by atoms with Crippen LogP contribution in [0.4, 0.5) is 0 Å². The normalized spacial score (nSPS) is 10.9. The molecule has 0 amide bonds. The van der Waals surface area contributed by atoms with Gasteiger partial charge in [0.2, 0.25) is 0 Å². The lowest BCUT2D eigenvalue weighted by Crippen LogP contribution is -2.19. The number of carboxylic acid groups (broad SMARTS) is 1. The van der Waals surface area contributed by atoms with Crippen LogP contribution in [0.5, 0.6) is 5.75 Å². The van der Waals surface area contributed by atoms with Gasteiger partial charge in [-0.2, -0.15) is 0 Å². The third-order valence-corrected chi connectivity index (χ3v) is 5.65. The maximum atomic E-state index is 12.0. The number of halogens is 1. The van der Waals surface area contributed by atoms with Crippen LogP contribution in [0.1, 0.15) is 38.4 Å². The summed E-state index contributed by atoms with van der Waals surface area (Å²) in [5, 5.41) is 13.9. The Labute approximate surface area is 182 Å². The van der Waals surface area contributed by atoms with Crippen molar-refractivity contribution in [3.63, 3.8) is 0 Å². The number of aromatic nitrogens is 1. The molecule has 0 atom stereocenters. The van der Waals surface area contributed by atoms with Gasteiger partial charge in [0.1, 0.15) is 5.75 Å². The number of para-hydroxylation sites is 1. The first-order chi connectivity index (χ1) is 14.4. The Morgan fingerprint density at radius 2 is 1.90 bits per heavy atom. The molecule has 1 heterocycles. The van der Waals surface area contributed by atoms with Crippen LogP contribution in [-0.2, 0) is 19.5 Å². The molecule has 3 rings (SSSR count). The van der Waals surface area contributed by atoms with Crippen LogP contribution in [-0.4, -0.2) is 29.3 Å². The van der Waals surface area contributed by atoms with Gasteiger partial charge in [0.15, 0.2) is 0 Å². The predicted octanol–water partition coefficient (Wildman–Crippen LogP) is 4.85. The van der Waals surface area contributed by atoms with Crippen LogP contribution >= 0.6 is 11.6 Å². The number of methoxy groups -OCH3 is 1. The van der Waals surface area contributed by atoms with Gasteiger partial charge in [-0.15, -0.1) is 0 Å². The molecule has 0 aliphatic carbocycles. The highest BCUT2D eigenvalue weighted by Gasteiger charge is 2.22. The Bertz CT molecular complexity index is 1040. The highest BCUT2D eigenvalue weighted by atomic mass is 35.5. The van der Waals surface area contributed by atoms with Crippen LogP contribution in [0.25, 0.3) is 0 Å². The molecule has 5 nitrogen and oxygen atoms in total. The zero-order chi connectivity index (χ0) is 21.7. The number of aromatic carboxylic acids is 1. The molecule has 2 N–H and O–H groups in total. The number of ether oxygens (including phenoxy) is 1. The van der Waals surface area contributed by atoms with Crippen LogP contribution in [0, 0.1) is 13.8 Å². The monoisotopic (exact) mass is 426 g/mol. The zero-order valence-electron chi connectivity index (χ0n) is 17.5. The quantitative estimate of drug-likeness (QED) is 0.480. The molecule has 158 valence electrons. The van der Waals surface area contributed by atoms with Crippen molar-refractivity contribution in [1.82, 2.24) is 9.88 Å². The molecular formula is C24H27ClN2O3. The second-order valence-corrected chi connectivity index (χ2v) is 7.72. The number of rotatable bonds is 9. The molecule has 0 unspecified atom stereocenters. The van der Waals surface area contributed by atoms with Crippen molar-refractivity contribution in [2.75, 3.05) is 13.7 Å². The molecule has 0 saturated carbocycles. The molecule has 3 aromatic rings. The fraction of sp³-hybridized carbons (Fsp3) is 0.292. The number of carboxylic acids is 1. The molecule has 0 aliphatic rings. The van der Waals surface area contributed by atoms with Crippen molar-refractivity contribution >= 4 is 17.6 Å². The number of benzene rings is 2. The molecule has 1 aromatic heterocycles. The van der Waals surface area contributed by atoms with E-state index in [4.69, 9.17) is 16.3 Å². The summed E-state index contributed by atoms with van der Waals surface area (Å²) in [6, 6.07) is 15.6. The van der Waals surface area contributed by atoms with Gasteiger partial charge < -0.3 is 19.7 Å². The first-order valence-electron chi connectivity index (χ1n) is 9.91. The summed E-state index contributed by atoms with van der Waals surface area (Å²) in [5.41, 5.74) is 5.06. The Morgan fingerprint density at radius 3 is 2.60 bits per heavy atom. The topological polar surface area (TPSA) is 63.5 Å². The van der Waals surface area contributed by atoms with Crippen molar-refractivity contribution in [2.24, 2.45) is 0 Å². The van der Waals surface area contributed by atoms with Crippen LogP contribution < -0.4 is 10.1 Å². The van der Waals surface area contributed by atoms with Gasteiger partial charge in [0.25, 0.3) is 0 Å². The minimum atomic E-state index is -0.901. The molecular weight excluding hydrogens is 400 g/mol. The molecule has 0 bridgehead atoms. The molecule has 0 spiro atoms. The Hall–Kier alpha value is -2.76. The summed E-state index contributed by atoms with van der Waals surface area (Å²) in [7, 11) is 1.67. The van der Waals surface area contributed by atoms with Gasteiger partial charge in [0.05, 0.1) is 12.7 Å². The summed E-state index contributed by atoms with van der Waals surface area (Å²) in [6.45, 7) is 5.63. The van der Waals surface area contributed by atoms with Gasteiger partial charge in [-0.05, 0) is 56.1 Å². The Balaban J connectivity index is 1.76. The number of hydrogen-bond donors (Lipinski definition) is 2. The van der Waals surface area contributed by atoms with Gasteiger partial charge in [-0.25, -0.2) is 4.79 Å². The zero-order valence-corrected chi connectivity index (χ0v) is 18.3. The predicted molar refractivity (Wildman–Crippen MR) is 120 cm³/mol. The van der Waals surface area contributed by atoms with E-state index in [-0.39, 0.29) is 0 Å². The average molecular weight is 427 g/mol. The number of nitrogens with zero attached hydrogens (tertiary/aromatic N) is 1. The van der Waals surface area contributed by atoms with Crippen molar-refractivity contribution in [3.8, 4) is 5.75 Å². The minimum Gasteiger partial charge on any atom is -0.496 e. The molecule has 2 aromatic carbocycles. The summed E-state index contributed by atoms with van der Waals surface area (Å²) >= 11 is 6.11. The SMILES string of the molecule is COc1ccccc1CCNCc1c(C(=O)O)c(C)n(Cc2cccc(Cl)c2)c1C. The number of hydrogen-bond acceptors (Lipinski definition) is 3. The van der Waals surface area contributed by atoms with Crippen molar-refractivity contribution in [2.45, 2.75) is 33.4 Å². The highest BCUT2D eigenvalue weighted by molar-refractivity contribution is 6.30. The van der Waals surface area contributed by atoms with Crippen LogP contribution in [0.2, 0.25) is 5.02 Å². The highest BCUT2D eigenvalue weighted by Crippen LogP contribution is 2.25. The van der Waals surface area contributed by atoms with E-state index in [0.29, 0.717) is 23.7 Å². The van der Waals surface area contributed by atoms with Crippen LogP contribution in [0.3, 0.4) is 0 Å². The van der Waals surface area contributed by atoms with E-state index < -0.39 is 5.97 Å². The van der Waals surface area contributed by atoms with E-state index in [1.165, 1.54) is 0 Å². The largest absolute Gasteiger partial charge is 0.496 e. The Morgan fingerprint density at radius 1 is 1.13 bits per heavy atom. The molecule has 0 fully saturated rings. The summed E-state index contributed by atoms with van der Waals surface area (Å²) < 4.78 is 7.44. The molecule has 6 heteroatoms. The van der Waals surface area contributed by atoms with E-state index >= 15 is 0 Å². The number of carbonyl (C=O) groups is 1. The van der Waals surface area contributed by atoms with Crippen LogP contribution in [0.15, 0.2) is 48.5 Å². The van der Waals surface area contributed by atoms with Crippen molar-refractivity contribution in [3.05, 3.63) is 87.2 Å². The van der Waals surface area contributed by atoms with Crippen molar-refractivity contribution < 1.29 is 14.6 Å². The molecule has 0 saturated heterocycles. The lowest BCUT2D eigenvalue weighted by atomic mass is 10.1. The smallest absolute Gasteiger partial charge is 0.337 e. The second-order valence-electron chi connectivity index (χ2n) is 7.28. The van der Waals surface area contributed by atoms with Gasteiger partial charge >= 0.3 is 5.97 Å². The minimum absolute atomic E-state index is 0.374. The lowest BCUT2D eigenvalue weighted by molar-refractivity contribution is 0.0694. The molecule has 30 heavy (non-hydrogen) atoms. The van der Waals surface area contributed by atoms with E-state index in [1.54, 1.807) is 7.11 Å². The first-order valence-corrected chi connectivity index (χ1v) is 10.3. The van der Waals surface area contributed by atoms with E-state index in [0.717, 1.165) is 46.8 Å². The van der Waals surface area contributed by atoms with Gasteiger partial charge in [0, 0.05) is 35.1 Å². The standard InChI is InChI=1S/C24H27ClN2O3/c1-16-21(14-26-12-11-19-8-4-5-10-22(19)30-3)23(24(28)29)17(2)27(16)15-18-7-6-9-20(25)13-18/h4-10,13,26H,11-12,14-15H2,1-3H3,(H,28,29). The lowest BCUT2D eigenvalue weighted by Gasteiger charge is -2.11. The first kappa shape index (κ1) is 21.9. The molecule has 0 radical (unpaired) electrons. The van der Waals surface area contributed by atoms with E-state index in [9.17, 15) is 9.90 Å². The fourth-order valence-corrected chi connectivity index (χ4v) is 4.06. The van der Waals surface area contributed by atoms with Gasteiger partial charge in [-0.3, -0.25) is 0 Å². The maximum Gasteiger partial charge on any atom is 0.337 e. The van der Waals surface area contributed by atoms with E-state index in [2.05, 4.69) is 5.32 Å². The maximum absolute atomic E-state index is 12.0. The van der Waals surface area contributed by atoms with Gasteiger partial charge in [-0.1, -0.05) is 41.9 Å². The molecule has 0 aliphatic heterocycles. The summed E-state index contributed by atoms with van der Waals surface area (Å²) in [4.78, 5) is 12.0. The third-order valence-electron chi connectivity index (χ3n) is 5.42. The summed E-state index contributed by atoms with van der Waals surface area (Å²) in [5.74, 6) is -0.0350. The van der Waals surface area contributed by atoms with E-state index in [1.807, 2.05) is 66.9 Å². The van der Waals surface area contributed by atoms with Crippen molar-refractivity contribution in [1.29, 1.82) is 0 Å². The third kappa shape index (κ3) is 4.86. The summed E-state index contributed by atoms with van der Waals surface area (Å²) in [6.07, 6.45) is 0.799. The second kappa shape index (κ2) is 9.83. The average Bonchev–Trinajstić information content (AvgIpc) is 2.96. The number of nitrogens with one attached hydrogen (secondary N) is 1. The fourth-order valence-electron chi connectivity index (χ4n) is 3.85. The Kier molecular flexibility index (Phi) is 7.19.